The van der Waals surface area contributed by atoms with Crippen molar-refractivity contribution >= 4 is 29.2 Å². The minimum atomic E-state index is -0.397. The number of benzene rings is 3. The Morgan fingerprint density at radius 3 is 2.19 bits per heavy atom. The van der Waals surface area contributed by atoms with Crippen LogP contribution in [-0.4, -0.2) is 24.4 Å². The number of nitrogens with one attached hydrogen (secondary N) is 2. The number of esters is 1. The van der Waals surface area contributed by atoms with Crippen LogP contribution in [-0.2, 0) is 20.7 Å². The third-order valence-corrected chi connectivity index (χ3v) is 4.85. The predicted molar refractivity (Wildman–Crippen MR) is 125 cm³/mol. The molecule has 2 N–H and O–H groups in total. The molecule has 32 heavy (non-hydrogen) atoms. The Kier molecular flexibility index (Phi) is 8.15. The number of carbonyl (C=O) groups excluding carboxylic acids is 3. The van der Waals surface area contributed by atoms with Gasteiger partial charge < -0.3 is 15.4 Å². The van der Waals surface area contributed by atoms with Crippen LogP contribution in [0.2, 0.25) is 0 Å². The first kappa shape index (κ1) is 22.7. The number of hydrogen-bond donors (Lipinski definition) is 2. The average Bonchev–Trinajstić information content (AvgIpc) is 2.81. The van der Waals surface area contributed by atoms with Crippen LogP contribution < -0.4 is 10.6 Å². The van der Waals surface area contributed by atoms with Gasteiger partial charge in [-0.1, -0.05) is 48.5 Å². The van der Waals surface area contributed by atoms with E-state index in [9.17, 15) is 14.4 Å². The molecule has 0 bridgehead atoms. The molecule has 0 radical (unpaired) electrons. The van der Waals surface area contributed by atoms with E-state index in [2.05, 4.69) is 10.6 Å². The van der Waals surface area contributed by atoms with Gasteiger partial charge in [0.05, 0.1) is 13.0 Å². The van der Waals surface area contributed by atoms with Crippen molar-refractivity contribution in [2.24, 2.45) is 0 Å². The maximum absolute atomic E-state index is 12.3. The quantitative estimate of drug-likeness (QED) is 0.480. The molecule has 3 rings (SSSR count). The summed E-state index contributed by atoms with van der Waals surface area (Å²) in [5, 5.41) is 5.64. The lowest BCUT2D eigenvalue weighted by Gasteiger charge is -2.11. The Labute approximate surface area is 187 Å². The molecule has 0 saturated carbocycles. The fourth-order valence-corrected chi connectivity index (χ4v) is 3.10. The zero-order chi connectivity index (χ0) is 22.8. The summed E-state index contributed by atoms with van der Waals surface area (Å²) in [6, 6.07) is 23.9. The highest BCUT2D eigenvalue weighted by Crippen LogP contribution is 2.21. The Morgan fingerprint density at radius 1 is 0.812 bits per heavy atom. The summed E-state index contributed by atoms with van der Waals surface area (Å²) in [5.74, 6) is -0.868. The van der Waals surface area contributed by atoms with Crippen molar-refractivity contribution < 1.29 is 19.1 Å². The molecule has 0 heterocycles. The Balaban J connectivity index is 1.42. The van der Waals surface area contributed by atoms with E-state index in [1.807, 2.05) is 43.3 Å². The van der Waals surface area contributed by atoms with Gasteiger partial charge in [-0.3, -0.25) is 14.4 Å². The molecule has 2 amide bonds. The first-order valence-corrected chi connectivity index (χ1v) is 10.5. The van der Waals surface area contributed by atoms with Crippen molar-refractivity contribution in [3.05, 3.63) is 95.6 Å². The third-order valence-electron chi connectivity index (χ3n) is 4.85. The van der Waals surface area contributed by atoms with Crippen molar-refractivity contribution in [1.82, 2.24) is 0 Å². The van der Waals surface area contributed by atoms with Gasteiger partial charge in [-0.15, -0.1) is 0 Å². The van der Waals surface area contributed by atoms with Crippen LogP contribution in [0.3, 0.4) is 0 Å². The van der Waals surface area contributed by atoms with Gasteiger partial charge in [-0.2, -0.15) is 0 Å². The van der Waals surface area contributed by atoms with Gasteiger partial charge in [0.2, 0.25) is 5.91 Å². The monoisotopic (exact) mass is 430 g/mol. The predicted octanol–water partition coefficient (Wildman–Crippen LogP) is 4.75. The number of aryl methyl sites for hydroxylation is 1. The molecule has 0 unspecified atom stereocenters. The second-order valence-corrected chi connectivity index (χ2v) is 7.35. The van der Waals surface area contributed by atoms with Gasteiger partial charge in [0.25, 0.3) is 5.91 Å². The highest BCUT2D eigenvalue weighted by atomic mass is 16.5. The van der Waals surface area contributed by atoms with Gasteiger partial charge in [-0.05, 0) is 48.4 Å². The molecule has 164 valence electrons. The molecule has 0 saturated heterocycles. The van der Waals surface area contributed by atoms with Crippen LogP contribution in [0.5, 0.6) is 0 Å². The summed E-state index contributed by atoms with van der Waals surface area (Å²) >= 11 is 0. The summed E-state index contributed by atoms with van der Waals surface area (Å²) < 4.78 is 5.20. The van der Waals surface area contributed by atoms with Gasteiger partial charge in [0.15, 0.2) is 0 Å². The first-order valence-electron chi connectivity index (χ1n) is 10.5. The summed E-state index contributed by atoms with van der Waals surface area (Å²) in [6.07, 6.45) is 0.700. The van der Waals surface area contributed by atoms with E-state index in [4.69, 9.17) is 4.74 Å². The van der Waals surface area contributed by atoms with Crippen molar-refractivity contribution in [3.8, 4) is 0 Å². The maximum Gasteiger partial charge on any atom is 0.306 e. The molecule has 0 fully saturated rings. The van der Waals surface area contributed by atoms with E-state index in [1.165, 1.54) is 0 Å². The van der Waals surface area contributed by atoms with Gasteiger partial charge in [0.1, 0.15) is 0 Å². The minimum Gasteiger partial charge on any atom is -0.465 e. The lowest BCUT2D eigenvalue weighted by molar-refractivity contribution is -0.144. The molecule has 0 aliphatic carbocycles. The highest BCUT2D eigenvalue weighted by Gasteiger charge is 2.11. The van der Waals surface area contributed by atoms with E-state index in [1.54, 1.807) is 42.5 Å². The molecule has 0 aliphatic heterocycles. The highest BCUT2D eigenvalue weighted by molar-refractivity contribution is 6.04. The van der Waals surface area contributed by atoms with Gasteiger partial charge in [0, 0.05) is 29.8 Å². The smallest absolute Gasteiger partial charge is 0.306 e. The third kappa shape index (κ3) is 7.09. The Bertz CT molecular complexity index is 1070. The van der Waals surface area contributed by atoms with E-state index in [0.29, 0.717) is 30.0 Å². The summed E-state index contributed by atoms with van der Waals surface area (Å²) in [5.41, 5.74) is 3.74. The fourth-order valence-electron chi connectivity index (χ4n) is 3.10. The summed E-state index contributed by atoms with van der Waals surface area (Å²) in [6.45, 7) is 2.14. The number of anilines is 2. The number of carbonyl (C=O) groups is 3. The number of amides is 2. The van der Waals surface area contributed by atoms with E-state index >= 15 is 0 Å². The molecular weight excluding hydrogens is 404 g/mol. The number of hydrogen-bond acceptors (Lipinski definition) is 4. The van der Waals surface area contributed by atoms with Gasteiger partial charge in [-0.25, -0.2) is 0 Å². The van der Waals surface area contributed by atoms with E-state index < -0.39 is 5.97 Å². The second-order valence-electron chi connectivity index (χ2n) is 7.35. The van der Waals surface area contributed by atoms with Crippen LogP contribution in [0.4, 0.5) is 11.4 Å². The number of ether oxygens (including phenoxy) is 1. The number of rotatable bonds is 9. The zero-order valence-electron chi connectivity index (χ0n) is 18.0. The average molecular weight is 431 g/mol. The second kappa shape index (κ2) is 11.5. The fraction of sp³-hybridized carbons (Fsp3) is 0.192. The van der Waals surface area contributed by atoms with Crippen molar-refractivity contribution in [2.75, 3.05) is 17.2 Å². The zero-order valence-corrected chi connectivity index (χ0v) is 18.0. The maximum atomic E-state index is 12.3. The molecule has 6 heteroatoms. The van der Waals surface area contributed by atoms with E-state index in [0.717, 1.165) is 11.1 Å². The standard InChI is InChI=1S/C26H26N2O4/c1-19-18-22(12-13-23(19)28-26(31)21-10-6-3-7-11-21)27-24(29)14-15-25(30)32-17-16-20-8-4-2-5-9-20/h2-13,18H,14-17H2,1H3,(H,27,29)(H,28,31). The summed E-state index contributed by atoms with van der Waals surface area (Å²) in [4.78, 5) is 36.4. The lowest BCUT2D eigenvalue weighted by Crippen LogP contribution is -2.16. The van der Waals surface area contributed by atoms with Crippen LogP contribution in [0.25, 0.3) is 0 Å². The first-order chi connectivity index (χ1) is 15.5. The van der Waals surface area contributed by atoms with E-state index in [-0.39, 0.29) is 24.7 Å². The molecule has 0 spiro atoms. The molecule has 3 aromatic rings. The van der Waals surface area contributed by atoms with Crippen LogP contribution in [0.15, 0.2) is 78.9 Å². The molecule has 0 aliphatic rings. The van der Waals surface area contributed by atoms with Crippen LogP contribution in [0, 0.1) is 6.92 Å². The lowest BCUT2D eigenvalue weighted by atomic mass is 10.1. The molecule has 3 aromatic carbocycles. The molecule has 6 nitrogen and oxygen atoms in total. The summed E-state index contributed by atoms with van der Waals surface area (Å²) in [7, 11) is 0. The van der Waals surface area contributed by atoms with Gasteiger partial charge >= 0.3 is 5.97 Å². The van der Waals surface area contributed by atoms with Crippen molar-refractivity contribution in [2.45, 2.75) is 26.2 Å². The SMILES string of the molecule is Cc1cc(NC(=O)CCC(=O)OCCc2ccccc2)ccc1NC(=O)c1ccccc1. The van der Waals surface area contributed by atoms with Crippen molar-refractivity contribution in [1.29, 1.82) is 0 Å². The molecular formula is C26H26N2O4. The van der Waals surface area contributed by atoms with Crippen molar-refractivity contribution in [3.63, 3.8) is 0 Å². The Morgan fingerprint density at radius 2 is 1.50 bits per heavy atom. The molecule has 0 aromatic heterocycles. The largest absolute Gasteiger partial charge is 0.465 e. The normalized spacial score (nSPS) is 10.3. The van der Waals surface area contributed by atoms with Crippen LogP contribution in [0.1, 0.15) is 34.3 Å². The topological polar surface area (TPSA) is 84.5 Å². The van der Waals surface area contributed by atoms with Crippen LogP contribution >= 0.6 is 0 Å². The molecule has 0 atom stereocenters. The Hall–Kier alpha value is -3.93. The minimum absolute atomic E-state index is 0.0187.